The molecular weight excluding hydrogens is 156 g/mol. The van der Waals surface area contributed by atoms with Crippen molar-refractivity contribution in [3.63, 3.8) is 0 Å². The highest BCUT2D eigenvalue weighted by atomic mass is 19.4. The van der Waals surface area contributed by atoms with E-state index in [4.69, 9.17) is 5.11 Å². The Morgan fingerprint density at radius 3 is 2.09 bits per heavy atom. The monoisotopic (exact) mass is 167 g/mol. The van der Waals surface area contributed by atoms with Gasteiger partial charge in [-0.1, -0.05) is 13.8 Å². The summed E-state index contributed by atoms with van der Waals surface area (Å²) in [6.45, 7) is 3.39. The van der Waals surface area contributed by atoms with E-state index in [1.807, 2.05) is 0 Å². The number of carboxylic acids is 1. The van der Waals surface area contributed by atoms with E-state index >= 15 is 0 Å². The molecule has 1 N–H and O–H groups in total. The molecule has 3 nitrogen and oxygen atoms in total. The van der Waals surface area contributed by atoms with Crippen LogP contribution in [0.4, 0.5) is 8.96 Å². The van der Waals surface area contributed by atoms with Crippen molar-refractivity contribution in [2.45, 2.75) is 26.3 Å². The molecule has 11 heavy (non-hydrogen) atoms. The van der Waals surface area contributed by atoms with E-state index in [2.05, 4.69) is 0 Å². The van der Waals surface area contributed by atoms with Crippen LogP contribution in [-0.4, -0.2) is 22.5 Å². The minimum atomic E-state index is -1.67. The Kier molecular flexibility index (Phi) is 3.95. The lowest BCUT2D eigenvalue weighted by Crippen LogP contribution is -2.31. The van der Waals surface area contributed by atoms with Crippen LogP contribution < -0.4 is 0 Å². The van der Waals surface area contributed by atoms with E-state index in [-0.39, 0.29) is 12.3 Å². The Balaban J connectivity index is 4.01. The Hall–Kier alpha value is -0.710. The van der Waals surface area contributed by atoms with Crippen molar-refractivity contribution in [3.05, 3.63) is 0 Å². The zero-order valence-corrected chi connectivity index (χ0v) is 6.42. The van der Waals surface area contributed by atoms with Crippen molar-refractivity contribution in [2.24, 2.45) is 5.92 Å². The quantitative estimate of drug-likeness (QED) is 0.646. The normalized spacial score (nSPS) is 14.0. The van der Waals surface area contributed by atoms with Crippen LogP contribution >= 0.6 is 0 Å². The summed E-state index contributed by atoms with van der Waals surface area (Å²) in [5.74, 6) is -1.53. The number of nitrogens with zero attached hydrogens (tertiary/aromatic N) is 1. The van der Waals surface area contributed by atoms with Gasteiger partial charge in [-0.2, -0.15) is 0 Å². The van der Waals surface area contributed by atoms with Gasteiger partial charge in [0, 0.05) is 5.34 Å². The van der Waals surface area contributed by atoms with Crippen LogP contribution in [0.25, 0.3) is 0 Å². The smallest absolute Gasteiger partial charge is 0.326 e. The molecule has 0 spiro atoms. The van der Waals surface area contributed by atoms with Gasteiger partial charge in [-0.25, -0.2) is 0 Å². The van der Waals surface area contributed by atoms with Gasteiger partial charge < -0.3 is 5.11 Å². The minimum absolute atomic E-state index is 0.0394. The van der Waals surface area contributed by atoms with Crippen LogP contribution in [0.1, 0.15) is 20.3 Å². The number of hydrogen-bond acceptors (Lipinski definition) is 2. The molecular formula is C6H11F2NO2. The summed E-state index contributed by atoms with van der Waals surface area (Å²) < 4.78 is 23.5. The molecule has 1 unspecified atom stereocenters. The van der Waals surface area contributed by atoms with Crippen molar-refractivity contribution in [2.75, 3.05) is 0 Å². The lowest BCUT2D eigenvalue weighted by Gasteiger charge is -2.13. The fourth-order valence-electron chi connectivity index (χ4n) is 0.711. The molecule has 0 radical (unpaired) electrons. The SMILES string of the molecule is CC(C)CC(C(=O)O)N(F)F. The summed E-state index contributed by atoms with van der Waals surface area (Å²) in [7, 11) is 0. The summed E-state index contributed by atoms with van der Waals surface area (Å²) in [5.41, 5.74) is 0. The zero-order chi connectivity index (χ0) is 9.02. The molecule has 0 aliphatic heterocycles. The van der Waals surface area contributed by atoms with Crippen molar-refractivity contribution in [3.8, 4) is 0 Å². The fourth-order valence-corrected chi connectivity index (χ4v) is 0.711. The molecule has 0 heterocycles. The average molecular weight is 167 g/mol. The van der Waals surface area contributed by atoms with Gasteiger partial charge in [0.1, 0.15) is 0 Å². The standard InChI is InChI=1S/C6H11F2NO2/c1-4(2)3-5(6(10)11)9(7)8/h4-5H,3H2,1-2H3,(H,10,11). The molecule has 0 aliphatic rings. The Morgan fingerprint density at radius 1 is 1.55 bits per heavy atom. The van der Waals surface area contributed by atoms with Gasteiger partial charge in [0.05, 0.1) is 0 Å². The molecule has 0 fully saturated rings. The Morgan fingerprint density at radius 2 is 2.00 bits per heavy atom. The van der Waals surface area contributed by atoms with Crippen LogP contribution in [0.3, 0.4) is 0 Å². The lowest BCUT2D eigenvalue weighted by molar-refractivity contribution is -0.203. The van der Waals surface area contributed by atoms with Crippen LogP contribution in [0.5, 0.6) is 0 Å². The maximum atomic E-state index is 11.8. The molecule has 0 saturated heterocycles. The summed E-state index contributed by atoms with van der Waals surface area (Å²) in [6, 6.07) is -1.67. The fraction of sp³-hybridized carbons (Fsp3) is 0.833. The molecule has 0 saturated carbocycles. The Labute approximate surface area is 63.5 Å². The van der Waals surface area contributed by atoms with E-state index in [1.165, 1.54) is 0 Å². The van der Waals surface area contributed by atoms with Crippen LogP contribution in [-0.2, 0) is 4.79 Å². The summed E-state index contributed by atoms with van der Waals surface area (Å²) >= 11 is 0. The predicted molar refractivity (Wildman–Crippen MR) is 34.9 cm³/mol. The van der Waals surface area contributed by atoms with E-state index in [1.54, 1.807) is 13.8 Å². The van der Waals surface area contributed by atoms with E-state index in [0.717, 1.165) is 0 Å². The van der Waals surface area contributed by atoms with Crippen molar-refractivity contribution in [1.29, 1.82) is 0 Å². The van der Waals surface area contributed by atoms with Gasteiger partial charge >= 0.3 is 5.97 Å². The van der Waals surface area contributed by atoms with Crippen LogP contribution in [0.15, 0.2) is 0 Å². The Bertz CT molecular complexity index is 139. The first-order chi connectivity index (χ1) is 4.95. The molecule has 0 amide bonds. The maximum absolute atomic E-state index is 11.8. The topological polar surface area (TPSA) is 40.5 Å². The largest absolute Gasteiger partial charge is 0.480 e. The minimum Gasteiger partial charge on any atom is -0.480 e. The van der Waals surface area contributed by atoms with Gasteiger partial charge in [-0.15, -0.1) is 8.96 Å². The molecule has 0 rings (SSSR count). The van der Waals surface area contributed by atoms with Crippen molar-refractivity contribution < 1.29 is 18.9 Å². The van der Waals surface area contributed by atoms with Gasteiger partial charge in [0.15, 0.2) is 6.04 Å². The van der Waals surface area contributed by atoms with Gasteiger partial charge in [-0.3, -0.25) is 4.79 Å². The van der Waals surface area contributed by atoms with Gasteiger partial charge in [0.25, 0.3) is 0 Å². The second kappa shape index (κ2) is 4.23. The summed E-state index contributed by atoms with van der Waals surface area (Å²) in [6.07, 6.45) is -0.0394. The molecule has 0 aliphatic carbocycles. The van der Waals surface area contributed by atoms with Crippen LogP contribution in [0, 0.1) is 5.92 Å². The third-order valence-electron chi connectivity index (χ3n) is 1.22. The second-order valence-corrected chi connectivity index (χ2v) is 2.74. The molecule has 0 aromatic carbocycles. The predicted octanol–water partition coefficient (Wildman–Crippen LogP) is 1.56. The number of carboxylic acid groups (broad SMARTS) is 1. The molecule has 66 valence electrons. The first-order valence-electron chi connectivity index (χ1n) is 3.28. The van der Waals surface area contributed by atoms with E-state index < -0.39 is 17.4 Å². The highest BCUT2D eigenvalue weighted by Crippen LogP contribution is 2.12. The molecule has 0 aromatic rings. The average Bonchev–Trinajstić information content (AvgIpc) is 1.81. The molecule has 5 heteroatoms. The number of hydrogen-bond donors (Lipinski definition) is 1. The lowest BCUT2D eigenvalue weighted by atomic mass is 10.1. The number of aliphatic carboxylic acids is 1. The van der Waals surface area contributed by atoms with E-state index in [9.17, 15) is 13.8 Å². The van der Waals surface area contributed by atoms with Crippen LogP contribution in [0.2, 0.25) is 0 Å². The maximum Gasteiger partial charge on any atom is 0.326 e. The van der Waals surface area contributed by atoms with Crippen molar-refractivity contribution in [1.82, 2.24) is 5.34 Å². The summed E-state index contributed by atoms with van der Waals surface area (Å²) in [5, 5.41) is 7.01. The summed E-state index contributed by atoms with van der Waals surface area (Å²) in [4.78, 5) is 10.2. The van der Waals surface area contributed by atoms with Gasteiger partial charge in [0.2, 0.25) is 0 Å². The number of carbonyl (C=O) groups is 1. The highest BCUT2D eigenvalue weighted by Gasteiger charge is 2.26. The molecule has 1 atom stereocenters. The molecule has 0 bridgehead atoms. The highest BCUT2D eigenvalue weighted by molar-refractivity contribution is 5.72. The second-order valence-electron chi connectivity index (χ2n) is 2.74. The first-order valence-corrected chi connectivity index (χ1v) is 3.28. The first kappa shape index (κ1) is 10.3. The van der Waals surface area contributed by atoms with E-state index in [0.29, 0.717) is 0 Å². The number of rotatable bonds is 4. The zero-order valence-electron chi connectivity index (χ0n) is 6.42. The number of halogens is 2. The molecule has 0 aromatic heterocycles. The third-order valence-corrected chi connectivity index (χ3v) is 1.22. The van der Waals surface area contributed by atoms with Crippen molar-refractivity contribution >= 4 is 5.97 Å². The third kappa shape index (κ3) is 3.87. The van der Waals surface area contributed by atoms with Gasteiger partial charge in [-0.05, 0) is 12.3 Å².